The number of nitrogens with one attached hydrogen (secondary N) is 1. The molecule has 0 heterocycles. The third kappa shape index (κ3) is 1.78. The van der Waals surface area contributed by atoms with Gasteiger partial charge in [0.05, 0.1) is 5.70 Å². The zero-order valence-electron chi connectivity index (χ0n) is 5.65. The number of hydrogen-bond donors (Lipinski definition) is 1. The minimum atomic E-state index is 0.951. The van der Waals surface area contributed by atoms with Crippen LogP contribution in [0.2, 0.25) is 0 Å². The lowest BCUT2D eigenvalue weighted by molar-refractivity contribution is 0.951. The molecule has 0 spiro atoms. The van der Waals surface area contributed by atoms with Crippen molar-refractivity contribution in [3.8, 4) is 0 Å². The first kappa shape index (κ1) is 7.21. The van der Waals surface area contributed by atoms with Crippen LogP contribution >= 0.6 is 0 Å². The molecule has 0 atom stereocenters. The molecular weight excluding hydrogens is 100 g/mol. The molecule has 0 aromatic carbocycles. The quantitative estimate of drug-likeness (QED) is 0.532. The number of allylic oxidation sites excluding steroid dienone is 2. The fraction of sp³-hybridized carbons (Fsp3) is 0.500. The average molecular weight is 112 g/mol. The van der Waals surface area contributed by atoms with Gasteiger partial charge in [-0.3, -0.25) is 4.99 Å². The van der Waals surface area contributed by atoms with Crippen molar-refractivity contribution in [3.63, 3.8) is 0 Å². The second-order valence-electron chi connectivity index (χ2n) is 1.62. The Labute approximate surface area is 50.3 Å². The van der Waals surface area contributed by atoms with Crippen molar-refractivity contribution in [2.75, 3.05) is 7.05 Å². The van der Waals surface area contributed by atoms with Crippen molar-refractivity contribution in [1.82, 2.24) is 5.32 Å². The second kappa shape index (κ2) is 3.24. The van der Waals surface area contributed by atoms with Gasteiger partial charge in [-0.25, -0.2) is 0 Å². The van der Waals surface area contributed by atoms with Crippen LogP contribution in [0, 0.1) is 0 Å². The largest absolute Gasteiger partial charge is 0.390 e. The average Bonchev–Trinajstić information content (AvgIpc) is 1.84. The van der Waals surface area contributed by atoms with Crippen LogP contribution < -0.4 is 5.32 Å². The van der Waals surface area contributed by atoms with E-state index in [4.69, 9.17) is 0 Å². The van der Waals surface area contributed by atoms with E-state index < -0.39 is 0 Å². The predicted octanol–water partition coefficient (Wildman–Crippen LogP) is 1.16. The minimum absolute atomic E-state index is 0.951. The lowest BCUT2D eigenvalue weighted by atomic mass is 10.4. The summed E-state index contributed by atoms with van der Waals surface area (Å²) in [5, 5.41) is 2.96. The maximum atomic E-state index is 3.73. The van der Waals surface area contributed by atoms with Gasteiger partial charge in [0, 0.05) is 12.7 Å². The summed E-state index contributed by atoms with van der Waals surface area (Å²) in [6.45, 7) is 7.26. The molecular formula is C6H12N2. The molecule has 0 rings (SSSR count). The number of aliphatic imine (C=N–C) groups is 1. The first-order valence-electron chi connectivity index (χ1n) is 2.54. The molecule has 0 aromatic rings. The molecule has 0 amide bonds. The lowest BCUT2D eigenvalue weighted by Gasteiger charge is -1.98. The summed E-state index contributed by atoms with van der Waals surface area (Å²) in [5.74, 6) is 0. The van der Waals surface area contributed by atoms with Crippen molar-refractivity contribution in [2.45, 2.75) is 13.8 Å². The first-order valence-corrected chi connectivity index (χ1v) is 2.54. The molecule has 8 heavy (non-hydrogen) atoms. The van der Waals surface area contributed by atoms with Crippen LogP contribution in [0.1, 0.15) is 13.8 Å². The van der Waals surface area contributed by atoms with Crippen LogP contribution in [0.25, 0.3) is 0 Å². The zero-order chi connectivity index (χ0) is 6.57. The van der Waals surface area contributed by atoms with Gasteiger partial charge in [-0.2, -0.15) is 0 Å². The Balaban J connectivity index is 4.03. The molecule has 0 unspecified atom stereocenters. The predicted molar refractivity (Wildman–Crippen MR) is 37.0 cm³/mol. The number of nitrogens with zero attached hydrogens (tertiary/aromatic N) is 1. The van der Waals surface area contributed by atoms with E-state index in [0.717, 1.165) is 11.4 Å². The molecule has 0 radical (unpaired) electrons. The molecule has 2 heteroatoms. The maximum absolute atomic E-state index is 3.73. The van der Waals surface area contributed by atoms with E-state index in [1.807, 2.05) is 20.9 Å². The molecule has 1 N–H and O–H groups in total. The van der Waals surface area contributed by atoms with Crippen LogP contribution in [0.15, 0.2) is 16.4 Å². The van der Waals surface area contributed by atoms with Crippen LogP contribution in [0.3, 0.4) is 0 Å². The third-order valence-electron chi connectivity index (χ3n) is 1.15. The Morgan fingerprint density at radius 3 is 2.12 bits per heavy atom. The van der Waals surface area contributed by atoms with Crippen LogP contribution in [-0.2, 0) is 0 Å². The standard InChI is InChI=1S/C6H12N2/c1-5(7-3)6(2)8-4/h8H,3H2,1-2,4H3/b6-5-. The van der Waals surface area contributed by atoms with E-state index in [1.54, 1.807) is 0 Å². The van der Waals surface area contributed by atoms with E-state index in [1.165, 1.54) is 0 Å². The SMILES string of the molecule is C=N/C(C)=C(/C)NC. The molecule has 0 saturated carbocycles. The van der Waals surface area contributed by atoms with Crippen molar-refractivity contribution in [2.24, 2.45) is 4.99 Å². The summed E-state index contributed by atoms with van der Waals surface area (Å²) in [6.07, 6.45) is 0. The van der Waals surface area contributed by atoms with Gasteiger partial charge in [-0.15, -0.1) is 0 Å². The molecule has 2 nitrogen and oxygen atoms in total. The summed E-state index contributed by atoms with van der Waals surface area (Å²) in [6, 6.07) is 0. The highest BCUT2D eigenvalue weighted by Gasteiger charge is 1.85. The van der Waals surface area contributed by atoms with Crippen LogP contribution in [0.4, 0.5) is 0 Å². The van der Waals surface area contributed by atoms with E-state index in [0.29, 0.717) is 0 Å². The highest BCUT2D eigenvalue weighted by atomic mass is 14.9. The van der Waals surface area contributed by atoms with E-state index in [-0.39, 0.29) is 0 Å². The monoisotopic (exact) mass is 112 g/mol. The minimum Gasteiger partial charge on any atom is -0.390 e. The van der Waals surface area contributed by atoms with Crippen molar-refractivity contribution in [1.29, 1.82) is 0 Å². The molecule has 0 bridgehead atoms. The van der Waals surface area contributed by atoms with Gasteiger partial charge < -0.3 is 5.32 Å². The molecule has 0 aliphatic heterocycles. The van der Waals surface area contributed by atoms with Gasteiger partial charge >= 0.3 is 0 Å². The Morgan fingerprint density at radius 1 is 1.50 bits per heavy atom. The summed E-state index contributed by atoms with van der Waals surface area (Å²) < 4.78 is 0. The van der Waals surface area contributed by atoms with Gasteiger partial charge in [0.1, 0.15) is 0 Å². The highest BCUT2D eigenvalue weighted by Crippen LogP contribution is 1.97. The lowest BCUT2D eigenvalue weighted by Crippen LogP contribution is -2.02. The fourth-order valence-corrected chi connectivity index (χ4v) is 0.299. The maximum Gasteiger partial charge on any atom is 0.0551 e. The second-order valence-corrected chi connectivity index (χ2v) is 1.62. The van der Waals surface area contributed by atoms with Crippen molar-refractivity contribution >= 4 is 6.72 Å². The Hall–Kier alpha value is -0.790. The van der Waals surface area contributed by atoms with Gasteiger partial charge in [0.15, 0.2) is 0 Å². The van der Waals surface area contributed by atoms with Crippen LogP contribution in [0.5, 0.6) is 0 Å². The van der Waals surface area contributed by atoms with E-state index in [9.17, 15) is 0 Å². The van der Waals surface area contributed by atoms with E-state index in [2.05, 4.69) is 17.0 Å². The molecule has 0 saturated heterocycles. The van der Waals surface area contributed by atoms with Crippen molar-refractivity contribution < 1.29 is 0 Å². The Morgan fingerprint density at radius 2 is 2.00 bits per heavy atom. The van der Waals surface area contributed by atoms with Gasteiger partial charge in [-0.1, -0.05) is 0 Å². The van der Waals surface area contributed by atoms with Crippen molar-refractivity contribution in [3.05, 3.63) is 11.4 Å². The number of hydrogen-bond acceptors (Lipinski definition) is 2. The van der Waals surface area contributed by atoms with Crippen LogP contribution in [-0.4, -0.2) is 13.8 Å². The van der Waals surface area contributed by atoms with Gasteiger partial charge in [-0.05, 0) is 20.6 Å². The molecule has 0 aliphatic carbocycles. The summed E-state index contributed by atoms with van der Waals surface area (Å²) in [5.41, 5.74) is 2.02. The normalized spacial score (nSPS) is 12.4. The van der Waals surface area contributed by atoms with Gasteiger partial charge in [0.25, 0.3) is 0 Å². The Kier molecular flexibility index (Phi) is 2.92. The van der Waals surface area contributed by atoms with E-state index >= 15 is 0 Å². The fourth-order valence-electron chi connectivity index (χ4n) is 0.299. The number of rotatable bonds is 2. The van der Waals surface area contributed by atoms with Gasteiger partial charge in [0.2, 0.25) is 0 Å². The third-order valence-corrected chi connectivity index (χ3v) is 1.15. The highest BCUT2D eigenvalue weighted by molar-refractivity contribution is 5.29. The molecule has 0 fully saturated rings. The molecule has 46 valence electrons. The summed E-state index contributed by atoms with van der Waals surface area (Å²) in [4.78, 5) is 3.73. The molecule has 0 aromatic heterocycles. The molecule has 0 aliphatic rings. The Bertz CT molecular complexity index is 114. The first-order chi connectivity index (χ1) is 3.72. The summed E-state index contributed by atoms with van der Waals surface area (Å²) in [7, 11) is 1.87. The smallest absolute Gasteiger partial charge is 0.0551 e. The topological polar surface area (TPSA) is 24.4 Å². The zero-order valence-corrected chi connectivity index (χ0v) is 5.65. The summed E-state index contributed by atoms with van der Waals surface area (Å²) >= 11 is 0.